The number of allylic oxidation sites excluding steroid dienone is 1. The van der Waals surface area contributed by atoms with Crippen LogP contribution in [0.3, 0.4) is 0 Å². The van der Waals surface area contributed by atoms with Crippen LogP contribution in [0.5, 0.6) is 0 Å². The molecule has 2 aromatic rings. The Morgan fingerprint density at radius 1 is 0.976 bits per heavy atom. The van der Waals surface area contributed by atoms with Crippen LogP contribution in [-0.4, -0.2) is 101 Å². The number of aliphatic hydroxyl groups excluding tert-OH is 1. The fourth-order valence-corrected chi connectivity index (χ4v) is 5.02. The van der Waals surface area contributed by atoms with Crippen LogP contribution >= 0.6 is 0 Å². The van der Waals surface area contributed by atoms with Gasteiger partial charge in [0.2, 0.25) is 6.29 Å². The van der Waals surface area contributed by atoms with Crippen molar-refractivity contribution in [1.29, 1.82) is 0 Å². The Kier molecular flexibility index (Phi) is 12.6. The van der Waals surface area contributed by atoms with E-state index in [9.17, 15) is 14.7 Å². The van der Waals surface area contributed by atoms with Crippen LogP contribution in [0.1, 0.15) is 31.2 Å². The highest BCUT2D eigenvalue weighted by atomic mass is 16.7. The first kappa shape index (κ1) is 31.1. The number of para-hydroxylation sites is 1. The molecule has 0 spiro atoms. The summed E-state index contributed by atoms with van der Waals surface area (Å²) in [5, 5.41) is 10.0. The van der Waals surface area contributed by atoms with Gasteiger partial charge in [-0.15, -0.1) is 0 Å². The second-order valence-electron chi connectivity index (χ2n) is 9.79. The van der Waals surface area contributed by atoms with Gasteiger partial charge in [-0.3, -0.25) is 9.59 Å². The molecule has 1 N–H and O–H groups in total. The molecule has 11 nitrogen and oxygen atoms in total. The Labute approximate surface area is 239 Å². The quantitative estimate of drug-likeness (QED) is 0.526. The summed E-state index contributed by atoms with van der Waals surface area (Å²) in [6, 6.07) is 7.06. The van der Waals surface area contributed by atoms with E-state index in [2.05, 4.69) is 0 Å². The number of nitrogens with zero attached hydrogens (tertiary/aromatic N) is 1. The second-order valence-corrected chi connectivity index (χ2v) is 9.79. The van der Waals surface area contributed by atoms with Crippen molar-refractivity contribution in [3.8, 4) is 0 Å². The zero-order valence-electron chi connectivity index (χ0n) is 23.7. The molecule has 0 radical (unpaired) electrons. The maximum Gasteiger partial charge on any atom is 0.288 e. The predicted molar refractivity (Wildman–Crippen MR) is 149 cm³/mol. The van der Waals surface area contributed by atoms with Crippen molar-refractivity contribution in [3.05, 3.63) is 58.2 Å². The Morgan fingerprint density at radius 2 is 1.61 bits per heavy atom. The van der Waals surface area contributed by atoms with Crippen LogP contribution < -0.4 is 5.43 Å². The monoisotopic (exact) mass is 575 g/mol. The van der Waals surface area contributed by atoms with Crippen LogP contribution in [-0.2, 0) is 33.2 Å². The molecule has 4 rings (SSSR count). The number of aliphatic hydroxyl groups is 1. The smallest absolute Gasteiger partial charge is 0.288 e. The van der Waals surface area contributed by atoms with Crippen molar-refractivity contribution < 1.29 is 42.7 Å². The minimum atomic E-state index is -0.795. The van der Waals surface area contributed by atoms with Gasteiger partial charge in [0.15, 0.2) is 11.2 Å². The zero-order valence-corrected chi connectivity index (χ0v) is 23.7. The van der Waals surface area contributed by atoms with Crippen LogP contribution in [0.2, 0.25) is 0 Å². The molecule has 226 valence electrons. The van der Waals surface area contributed by atoms with Gasteiger partial charge in [-0.1, -0.05) is 12.1 Å². The van der Waals surface area contributed by atoms with E-state index in [1.165, 1.54) is 6.26 Å². The minimum absolute atomic E-state index is 0.0201. The molecule has 2 aliphatic heterocycles. The van der Waals surface area contributed by atoms with Gasteiger partial charge in [0.25, 0.3) is 5.91 Å². The number of ether oxygens (including phenoxy) is 6. The van der Waals surface area contributed by atoms with E-state index in [-0.39, 0.29) is 29.6 Å². The number of amides is 1. The van der Waals surface area contributed by atoms with E-state index in [1.807, 2.05) is 6.92 Å². The summed E-state index contributed by atoms with van der Waals surface area (Å²) in [7, 11) is 0. The predicted octanol–water partition coefficient (Wildman–Crippen LogP) is 2.45. The highest BCUT2D eigenvalue weighted by molar-refractivity contribution is 5.92. The molecule has 1 aromatic heterocycles. The highest BCUT2D eigenvalue weighted by Crippen LogP contribution is 2.39. The van der Waals surface area contributed by atoms with Crippen molar-refractivity contribution in [2.45, 2.75) is 32.0 Å². The van der Waals surface area contributed by atoms with Crippen molar-refractivity contribution in [2.75, 3.05) is 79.2 Å². The summed E-state index contributed by atoms with van der Waals surface area (Å²) in [5.41, 5.74) is 0.722. The molecule has 2 aliphatic rings. The molecule has 41 heavy (non-hydrogen) atoms. The molecule has 1 saturated heterocycles. The Bertz CT molecular complexity index is 1170. The average Bonchev–Trinajstić information content (AvgIpc) is 3.00. The Balaban J connectivity index is 1.63. The molecular formula is C30H41NO10. The largest absolute Gasteiger partial charge is 0.464 e. The number of rotatable bonds is 7. The van der Waals surface area contributed by atoms with Crippen LogP contribution in [0, 0.1) is 5.92 Å². The number of carbonyl (C=O) groups is 1. The molecule has 11 heteroatoms. The van der Waals surface area contributed by atoms with E-state index < -0.39 is 12.2 Å². The standard InChI is InChI=1S/C30H41NO10/c1-2-39-30-22(7-5-11-32)24(25-21-40-26-8-4-3-6-23(26)28(25)33)20-27(41-30)29(34)31-9-12-35-14-16-37-18-19-38-17-15-36-13-10-31/h3-4,6,8,20-22,24,30,32H,2,5,7,9-19H2,1H3/t22-,24+,30-/m1/s1. The lowest BCUT2D eigenvalue weighted by molar-refractivity contribution is -0.171. The van der Waals surface area contributed by atoms with Crippen LogP contribution in [0.25, 0.3) is 11.0 Å². The second kappa shape index (κ2) is 16.6. The topological polar surface area (TPSA) is 126 Å². The van der Waals surface area contributed by atoms with Crippen molar-refractivity contribution in [2.24, 2.45) is 5.92 Å². The number of hydrogen-bond acceptors (Lipinski definition) is 10. The lowest BCUT2D eigenvalue weighted by Crippen LogP contribution is -2.43. The third-order valence-electron chi connectivity index (χ3n) is 7.10. The van der Waals surface area contributed by atoms with Gasteiger partial charge >= 0.3 is 0 Å². The van der Waals surface area contributed by atoms with E-state index in [0.29, 0.717) is 102 Å². The molecule has 3 atom stereocenters. The maximum absolute atomic E-state index is 13.9. The van der Waals surface area contributed by atoms with Crippen LogP contribution in [0.4, 0.5) is 0 Å². The summed E-state index contributed by atoms with van der Waals surface area (Å²) >= 11 is 0. The first-order valence-electron chi connectivity index (χ1n) is 14.4. The molecule has 1 aromatic carbocycles. The molecule has 0 aliphatic carbocycles. The van der Waals surface area contributed by atoms with Gasteiger partial charge in [0.1, 0.15) is 5.58 Å². The molecule has 0 saturated carbocycles. The summed E-state index contributed by atoms with van der Waals surface area (Å²) in [4.78, 5) is 29.1. The fourth-order valence-electron chi connectivity index (χ4n) is 5.02. The summed E-state index contributed by atoms with van der Waals surface area (Å²) < 4.78 is 40.3. The van der Waals surface area contributed by atoms with Crippen LogP contribution in [0.15, 0.2) is 51.6 Å². The van der Waals surface area contributed by atoms with Gasteiger partial charge in [0.05, 0.1) is 64.5 Å². The zero-order chi connectivity index (χ0) is 28.9. The highest BCUT2D eigenvalue weighted by Gasteiger charge is 2.40. The van der Waals surface area contributed by atoms with Gasteiger partial charge in [-0.05, 0) is 38.0 Å². The van der Waals surface area contributed by atoms with Crippen molar-refractivity contribution in [1.82, 2.24) is 4.90 Å². The van der Waals surface area contributed by atoms with Gasteiger partial charge in [-0.2, -0.15) is 0 Å². The van der Waals surface area contributed by atoms with E-state index in [1.54, 1.807) is 35.2 Å². The summed E-state index contributed by atoms with van der Waals surface area (Å²) in [6.07, 6.45) is 3.37. The number of carbonyl (C=O) groups excluding carboxylic acids is 1. The third-order valence-corrected chi connectivity index (χ3v) is 7.10. The van der Waals surface area contributed by atoms with Gasteiger partial charge in [0, 0.05) is 43.7 Å². The molecule has 1 fully saturated rings. The number of hydrogen-bond donors (Lipinski definition) is 1. The first-order valence-corrected chi connectivity index (χ1v) is 14.4. The molecular weight excluding hydrogens is 534 g/mol. The molecule has 3 heterocycles. The average molecular weight is 576 g/mol. The SMILES string of the molecule is CCO[C@@H]1OC(C(=O)N2CCOCCOCCOCCOCC2)=C[C@H](c2coc3ccccc3c2=O)[C@H]1CCCO. The fraction of sp³-hybridized carbons (Fsp3) is 0.600. The lowest BCUT2D eigenvalue weighted by atomic mass is 9.81. The number of fused-ring (bicyclic) bond motifs is 1. The van der Waals surface area contributed by atoms with Gasteiger partial charge < -0.3 is 42.8 Å². The molecule has 0 unspecified atom stereocenters. The van der Waals surface area contributed by atoms with Crippen molar-refractivity contribution in [3.63, 3.8) is 0 Å². The number of benzene rings is 1. The maximum atomic E-state index is 13.9. The normalized spacial score (nSPS) is 23.7. The van der Waals surface area contributed by atoms with Gasteiger partial charge in [-0.25, -0.2) is 0 Å². The minimum Gasteiger partial charge on any atom is -0.464 e. The first-order chi connectivity index (χ1) is 20.1. The van der Waals surface area contributed by atoms with E-state index in [4.69, 9.17) is 32.8 Å². The molecule has 0 bridgehead atoms. The third kappa shape index (κ3) is 8.60. The summed E-state index contributed by atoms with van der Waals surface area (Å²) in [5.74, 6) is -1.12. The van der Waals surface area contributed by atoms with E-state index in [0.717, 1.165) is 0 Å². The van der Waals surface area contributed by atoms with Crippen molar-refractivity contribution >= 4 is 16.9 Å². The molecule has 1 amide bonds. The Hall–Kier alpha value is -2.80. The van der Waals surface area contributed by atoms with E-state index >= 15 is 0 Å². The lowest BCUT2D eigenvalue weighted by Gasteiger charge is -2.37. The Morgan fingerprint density at radius 3 is 2.24 bits per heavy atom. The summed E-state index contributed by atoms with van der Waals surface area (Å²) in [6.45, 7) is 6.05.